The minimum atomic E-state index is -0.857. The van der Waals surface area contributed by atoms with Gasteiger partial charge >= 0.3 is 0 Å². The van der Waals surface area contributed by atoms with Gasteiger partial charge in [-0.2, -0.15) is 0 Å². The average Bonchev–Trinajstić information content (AvgIpc) is 3.17. The predicted molar refractivity (Wildman–Crippen MR) is 92.3 cm³/mol. The zero-order valence-corrected chi connectivity index (χ0v) is 13.8. The third-order valence-electron chi connectivity index (χ3n) is 3.05. The van der Waals surface area contributed by atoms with Crippen molar-refractivity contribution in [3.63, 3.8) is 0 Å². The summed E-state index contributed by atoms with van der Waals surface area (Å²) in [7, 11) is -0.857. The SMILES string of the molecule is O=[S@](CCc1ccccc1)Cc1csc(-c2cccs2)n1. The molecular weight excluding hydrogens is 318 g/mol. The van der Waals surface area contributed by atoms with Gasteiger partial charge in [0.25, 0.3) is 0 Å². The molecule has 0 N–H and O–H groups in total. The van der Waals surface area contributed by atoms with Crippen LogP contribution < -0.4 is 0 Å². The summed E-state index contributed by atoms with van der Waals surface area (Å²) >= 11 is 3.32. The number of hydrogen-bond donors (Lipinski definition) is 0. The molecule has 0 unspecified atom stereocenters. The highest BCUT2D eigenvalue weighted by molar-refractivity contribution is 7.84. The quantitative estimate of drug-likeness (QED) is 0.671. The summed E-state index contributed by atoms with van der Waals surface area (Å²) in [4.78, 5) is 5.77. The van der Waals surface area contributed by atoms with Gasteiger partial charge in [-0.05, 0) is 23.4 Å². The van der Waals surface area contributed by atoms with Gasteiger partial charge in [0.2, 0.25) is 0 Å². The number of aromatic nitrogens is 1. The molecule has 0 spiro atoms. The number of rotatable bonds is 6. The predicted octanol–water partition coefficient (Wildman–Crippen LogP) is 4.36. The molecule has 0 saturated heterocycles. The van der Waals surface area contributed by atoms with E-state index in [1.54, 1.807) is 22.7 Å². The van der Waals surface area contributed by atoms with Crippen LogP contribution in [0.1, 0.15) is 11.3 Å². The van der Waals surface area contributed by atoms with Gasteiger partial charge in [-0.15, -0.1) is 22.7 Å². The van der Waals surface area contributed by atoms with E-state index in [4.69, 9.17) is 0 Å². The number of thiazole rings is 1. The fraction of sp³-hybridized carbons (Fsp3) is 0.188. The van der Waals surface area contributed by atoms with E-state index in [1.165, 1.54) is 10.4 Å². The number of thiophene rings is 1. The van der Waals surface area contributed by atoms with Crippen molar-refractivity contribution in [2.45, 2.75) is 12.2 Å². The highest BCUT2D eigenvalue weighted by atomic mass is 32.2. The van der Waals surface area contributed by atoms with Crippen molar-refractivity contribution in [1.82, 2.24) is 4.98 Å². The molecule has 3 rings (SSSR count). The molecular formula is C16H15NOS3. The minimum absolute atomic E-state index is 0.550. The molecule has 5 heteroatoms. The topological polar surface area (TPSA) is 30.0 Å². The summed E-state index contributed by atoms with van der Waals surface area (Å²) in [5.41, 5.74) is 2.18. The van der Waals surface area contributed by atoms with E-state index in [0.717, 1.165) is 17.1 Å². The molecule has 3 aromatic rings. The van der Waals surface area contributed by atoms with Crippen molar-refractivity contribution in [2.24, 2.45) is 0 Å². The first-order chi connectivity index (χ1) is 10.3. The Bertz CT molecular complexity index is 704. The summed E-state index contributed by atoms with van der Waals surface area (Å²) in [6.07, 6.45) is 0.857. The molecule has 0 amide bonds. The molecule has 21 heavy (non-hydrogen) atoms. The Kier molecular flexibility index (Phi) is 4.95. The fourth-order valence-corrected chi connectivity index (χ4v) is 4.83. The van der Waals surface area contributed by atoms with Gasteiger partial charge in [-0.25, -0.2) is 4.98 Å². The molecule has 0 aliphatic rings. The van der Waals surface area contributed by atoms with Crippen molar-refractivity contribution in [1.29, 1.82) is 0 Å². The second-order valence-corrected chi connectivity index (χ2v) is 8.03. The van der Waals surface area contributed by atoms with E-state index in [9.17, 15) is 4.21 Å². The molecule has 108 valence electrons. The maximum Gasteiger partial charge on any atom is 0.133 e. The lowest BCUT2D eigenvalue weighted by Crippen LogP contribution is -2.04. The number of aryl methyl sites for hydroxylation is 1. The highest BCUT2D eigenvalue weighted by Gasteiger charge is 2.09. The molecule has 0 fully saturated rings. The maximum atomic E-state index is 12.2. The van der Waals surface area contributed by atoms with Crippen LogP contribution in [0.15, 0.2) is 53.2 Å². The number of hydrogen-bond acceptors (Lipinski definition) is 4. The lowest BCUT2D eigenvalue weighted by molar-refractivity contribution is 0.681. The van der Waals surface area contributed by atoms with Crippen molar-refractivity contribution < 1.29 is 4.21 Å². The van der Waals surface area contributed by atoms with Crippen LogP contribution in [0.4, 0.5) is 0 Å². The summed E-state index contributed by atoms with van der Waals surface area (Å²) in [6.45, 7) is 0. The molecule has 0 aliphatic heterocycles. The molecule has 1 atom stereocenters. The van der Waals surface area contributed by atoms with E-state index in [1.807, 2.05) is 29.6 Å². The molecule has 1 aromatic carbocycles. The molecule has 0 saturated carbocycles. The van der Waals surface area contributed by atoms with Gasteiger partial charge in [-0.3, -0.25) is 4.21 Å². The maximum absolute atomic E-state index is 12.2. The summed E-state index contributed by atoms with van der Waals surface area (Å²) in [5, 5.41) is 5.10. The second-order valence-electron chi connectivity index (χ2n) is 4.65. The summed E-state index contributed by atoms with van der Waals surface area (Å²) in [6, 6.07) is 14.3. The highest BCUT2D eigenvalue weighted by Crippen LogP contribution is 2.28. The van der Waals surface area contributed by atoms with E-state index < -0.39 is 10.8 Å². The van der Waals surface area contributed by atoms with E-state index >= 15 is 0 Å². The Morgan fingerprint density at radius 1 is 1.05 bits per heavy atom. The minimum Gasteiger partial charge on any atom is -0.259 e. The monoisotopic (exact) mass is 333 g/mol. The molecule has 0 radical (unpaired) electrons. The molecule has 0 bridgehead atoms. The van der Waals surface area contributed by atoms with Crippen LogP contribution in [-0.4, -0.2) is 14.9 Å². The number of benzene rings is 1. The van der Waals surface area contributed by atoms with Crippen molar-refractivity contribution in [3.05, 3.63) is 64.5 Å². The van der Waals surface area contributed by atoms with Gasteiger partial charge in [-0.1, -0.05) is 36.4 Å². The van der Waals surface area contributed by atoms with E-state index in [0.29, 0.717) is 11.5 Å². The first-order valence-electron chi connectivity index (χ1n) is 6.68. The van der Waals surface area contributed by atoms with Crippen LogP contribution in [-0.2, 0) is 23.0 Å². The normalized spacial score (nSPS) is 12.4. The third kappa shape index (κ3) is 4.09. The van der Waals surface area contributed by atoms with Gasteiger partial charge < -0.3 is 0 Å². The largest absolute Gasteiger partial charge is 0.259 e. The van der Waals surface area contributed by atoms with Crippen LogP contribution in [0.25, 0.3) is 9.88 Å². The molecule has 2 aromatic heterocycles. The molecule has 2 nitrogen and oxygen atoms in total. The Morgan fingerprint density at radius 3 is 2.67 bits per heavy atom. The molecule has 2 heterocycles. The van der Waals surface area contributed by atoms with Crippen LogP contribution in [0.3, 0.4) is 0 Å². The van der Waals surface area contributed by atoms with Gasteiger partial charge in [0.05, 0.1) is 16.3 Å². The lowest BCUT2D eigenvalue weighted by Gasteiger charge is -2.01. The van der Waals surface area contributed by atoms with Gasteiger partial charge in [0, 0.05) is 21.9 Å². The standard InChI is InChI=1S/C16H15NOS3/c18-21(10-8-13-5-2-1-3-6-13)12-14-11-20-16(17-14)15-7-4-9-19-15/h1-7,9,11H,8,10,12H2/t21-/m1/s1. The zero-order valence-electron chi connectivity index (χ0n) is 11.4. The second kappa shape index (κ2) is 7.11. The van der Waals surface area contributed by atoms with Crippen molar-refractivity contribution >= 4 is 33.5 Å². The Balaban J connectivity index is 1.55. The Hall–Kier alpha value is -1.30. The first kappa shape index (κ1) is 14.6. The molecule has 0 aliphatic carbocycles. The lowest BCUT2D eigenvalue weighted by atomic mass is 10.2. The van der Waals surface area contributed by atoms with Crippen LogP contribution in [0.5, 0.6) is 0 Å². The van der Waals surface area contributed by atoms with Gasteiger partial charge in [0.1, 0.15) is 5.01 Å². The van der Waals surface area contributed by atoms with Crippen LogP contribution in [0.2, 0.25) is 0 Å². The van der Waals surface area contributed by atoms with Gasteiger partial charge in [0.15, 0.2) is 0 Å². The van der Waals surface area contributed by atoms with Crippen LogP contribution in [0, 0.1) is 0 Å². The third-order valence-corrected chi connectivity index (χ3v) is 6.26. The van der Waals surface area contributed by atoms with Crippen molar-refractivity contribution in [2.75, 3.05) is 5.75 Å². The fourth-order valence-electron chi connectivity index (χ4n) is 2.00. The number of nitrogens with zero attached hydrogens (tertiary/aromatic N) is 1. The summed E-state index contributed by atoms with van der Waals surface area (Å²) < 4.78 is 12.2. The Morgan fingerprint density at radius 2 is 1.90 bits per heavy atom. The average molecular weight is 334 g/mol. The zero-order chi connectivity index (χ0) is 14.5. The van der Waals surface area contributed by atoms with E-state index in [-0.39, 0.29) is 0 Å². The van der Waals surface area contributed by atoms with Crippen LogP contribution >= 0.6 is 22.7 Å². The summed E-state index contributed by atoms with van der Waals surface area (Å²) in [5.74, 6) is 1.24. The first-order valence-corrected chi connectivity index (χ1v) is 9.93. The van der Waals surface area contributed by atoms with E-state index in [2.05, 4.69) is 28.6 Å². The Labute approximate surface area is 135 Å². The smallest absolute Gasteiger partial charge is 0.133 e. The van der Waals surface area contributed by atoms with Crippen molar-refractivity contribution in [3.8, 4) is 9.88 Å².